The largest absolute Gasteiger partial charge is 0.454 e. The number of carbonyl (C=O) groups excluding carboxylic acids is 2. The number of hydrogen-bond donors (Lipinski definition) is 1. The molecule has 1 aromatic heterocycles. The smallest absolute Gasteiger partial charge is 0.254 e. The Morgan fingerprint density at radius 2 is 1.87 bits per heavy atom. The van der Waals surface area contributed by atoms with Crippen molar-refractivity contribution in [2.45, 2.75) is 18.5 Å². The molecule has 0 saturated carbocycles. The summed E-state index contributed by atoms with van der Waals surface area (Å²) in [7, 11) is 1.73. The number of likely N-dealkylation sites (N-methyl/N-ethyl adjacent to an activating group) is 1. The average Bonchev–Trinajstić information content (AvgIpc) is 3.28. The first kappa shape index (κ1) is 19.1. The van der Waals surface area contributed by atoms with Gasteiger partial charge in [0.1, 0.15) is 0 Å². The molecule has 2 amide bonds. The SMILES string of the molecule is CN1C(=O)c2ccccc2[C@@H](C(=O)NCc2ccncc2)[C@H]1c1ccc2c(c1)OCO2. The third kappa shape index (κ3) is 3.38. The van der Waals surface area contributed by atoms with Gasteiger partial charge in [0, 0.05) is 31.5 Å². The van der Waals surface area contributed by atoms with Crippen molar-refractivity contribution in [3.05, 3.63) is 89.2 Å². The zero-order valence-electron chi connectivity index (χ0n) is 16.9. The van der Waals surface area contributed by atoms with E-state index in [1.54, 1.807) is 30.4 Å². The maximum Gasteiger partial charge on any atom is 0.254 e. The van der Waals surface area contributed by atoms with Crippen LogP contribution in [0.3, 0.4) is 0 Å². The zero-order chi connectivity index (χ0) is 21.4. The molecule has 0 unspecified atom stereocenters. The van der Waals surface area contributed by atoms with Gasteiger partial charge in [0.2, 0.25) is 12.7 Å². The molecule has 7 nitrogen and oxygen atoms in total. The molecule has 5 rings (SSSR count). The molecule has 0 aliphatic carbocycles. The number of pyridine rings is 1. The first-order chi connectivity index (χ1) is 15.1. The van der Waals surface area contributed by atoms with Gasteiger partial charge < -0.3 is 19.7 Å². The van der Waals surface area contributed by atoms with Crippen molar-refractivity contribution < 1.29 is 19.1 Å². The van der Waals surface area contributed by atoms with E-state index in [9.17, 15) is 9.59 Å². The standard InChI is InChI=1S/C24H21N3O4/c1-27-22(16-6-7-19-20(12-16)31-14-30-19)21(17-4-2-3-5-18(17)24(27)29)23(28)26-13-15-8-10-25-11-9-15/h2-12,21-22H,13-14H2,1H3,(H,26,28)/t21-,22-/m1/s1. The van der Waals surface area contributed by atoms with Crippen LogP contribution in [0, 0.1) is 0 Å². The molecule has 0 fully saturated rings. The molecule has 31 heavy (non-hydrogen) atoms. The number of hydrogen-bond acceptors (Lipinski definition) is 5. The van der Waals surface area contributed by atoms with Crippen LogP contribution >= 0.6 is 0 Å². The van der Waals surface area contributed by atoms with E-state index in [-0.39, 0.29) is 18.6 Å². The summed E-state index contributed by atoms with van der Waals surface area (Å²) in [5, 5.41) is 3.04. The lowest BCUT2D eigenvalue weighted by atomic mass is 9.79. The minimum absolute atomic E-state index is 0.114. The Labute approximate surface area is 179 Å². The van der Waals surface area contributed by atoms with E-state index in [1.165, 1.54) is 0 Å². The Morgan fingerprint density at radius 3 is 2.71 bits per heavy atom. The number of fused-ring (bicyclic) bond motifs is 2. The van der Waals surface area contributed by atoms with Crippen molar-refractivity contribution in [1.82, 2.24) is 15.2 Å². The second-order valence-electron chi connectivity index (χ2n) is 7.61. The Bertz CT molecular complexity index is 1150. The zero-order valence-corrected chi connectivity index (χ0v) is 16.9. The fourth-order valence-electron chi connectivity index (χ4n) is 4.27. The van der Waals surface area contributed by atoms with Crippen LogP contribution in [0.4, 0.5) is 0 Å². The summed E-state index contributed by atoms with van der Waals surface area (Å²) in [5.41, 5.74) is 3.04. The molecule has 1 N–H and O–H groups in total. The molecular formula is C24H21N3O4. The lowest BCUT2D eigenvalue weighted by Crippen LogP contribution is -2.45. The fraction of sp³-hybridized carbons (Fsp3) is 0.208. The van der Waals surface area contributed by atoms with E-state index < -0.39 is 12.0 Å². The number of nitrogens with one attached hydrogen (secondary N) is 1. The second-order valence-corrected chi connectivity index (χ2v) is 7.61. The number of carbonyl (C=O) groups is 2. The molecule has 0 spiro atoms. The summed E-state index contributed by atoms with van der Waals surface area (Å²) in [4.78, 5) is 32.2. The highest BCUT2D eigenvalue weighted by Crippen LogP contribution is 2.44. The Balaban J connectivity index is 1.54. The highest BCUT2D eigenvalue weighted by Gasteiger charge is 2.42. The highest BCUT2D eigenvalue weighted by molar-refractivity contribution is 6.01. The first-order valence-corrected chi connectivity index (χ1v) is 10.1. The normalized spacial score (nSPS) is 19.1. The van der Waals surface area contributed by atoms with Crippen molar-refractivity contribution in [2.24, 2.45) is 0 Å². The molecule has 3 heterocycles. The van der Waals surface area contributed by atoms with Crippen LogP contribution in [0.1, 0.15) is 39.0 Å². The van der Waals surface area contributed by atoms with Gasteiger partial charge in [-0.25, -0.2) is 0 Å². The van der Waals surface area contributed by atoms with Crippen LogP contribution < -0.4 is 14.8 Å². The number of benzene rings is 2. The maximum absolute atomic E-state index is 13.5. The van der Waals surface area contributed by atoms with Crippen LogP contribution in [0.2, 0.25) is 0 Å². The van der Waals surface area contributed by atoms with Crippen molar-refractivity contribution in [3.8, 4) is 11.5 Å². The Morgan fingerprint density at radius 1 is 1.10 bits per heavy atom. The third-order valence-corrected chi connectivity index (χ3v) is 5.82. The molecule has 2 aliphatic rings. The van der Waals surface area contributed by atoms with E-state index in [0.29, 0.717) is 23.6 Å². The average molecular weight is 415 g/mol. The van der Waals surface area contributed by atoms with Gasteiger partial charge in [-0.3, -0.25) is 14.6 Å². The van der Waals surface area contributed by atoms with E-state index in [4.69, 9.17) is 9.47 Å². The molecule has 2 atom stereocenters. The van der Waals surface area contributed by atoms with Crippen LogP contribution in [0.5, 0.6) is 11.5 Å². The van der Waals surface area contributed by atoms with Crippen molar-refractivity contribution >= 4 is 11.8 Å². The van der Waals surface area contributed by atoms with Crippen molar-refractivity contribution in [2.75, 3.05) is 13.8 Å². The Hall–Kier alpha value is -3.87. The fourth-order valence-corrected chi connectivity index (χ4v) is 4.27. The minimum Gasteiger partial charge on any atom is -0.454 e. The van der Waals surface area contributed by atoms with Crippen LogP contribution in [0.25, 0.3) is 0 Å². The van der Waals surface area contributed by atoms with E-state index in [0.717, 1.165) is 16.7 Å². The van der Waals surface area contributed by atoms with Crippen LogP contribution in [0.15, 0.2) is 67.0 Å². The van der Waals surface area contributed by atoms with Gasteiger partial charge in [0.05, 0.1) is 12.0 Å². The third-order valence-electron chi connectivity index (χ3n) is 5.82. The number of rotatable bonds is 4. The maximum atomic E-state index is 13.5. The molecular weight excluding hydrogens is 394 g/mol. The predicted octanol–water partition coefficient (Wildman–Crippen LogP) is 3.04. The monoisotopic (exact) mass is 415 g/mol. The quantitative estimate of drug-likeness (QED) is 0.709. The lowest BCUT2D eigenvalue weighted by Gasteiger charge is -2.39. The van der Waals surface area contributed by atoms with Gasteiger partial charge in [-0.15, -0.1) is 0 Å². The molecule has 7 heteroatoms. The van der Waals surface area contributed by atoms with Gasteiger partial charge in [-0.1, -0.05) is 24.3 Å². The Kier molecular flexibility index (Phi) is 4.78. The summed E-state index contributed by atoms with van der Waals surface area (Å²) in [5.74, 6) is 0.449. The van der Waals surface area contributed by atoms with Gasteiger partial charge in [0.25, 0.3) is 5.91 Å². The van der Waals surface area contributed by atoms with Crippen LogP contribution in [-0.4, -0.2) is 35.5 Å². The number of aromatic nitrogens is 1. The predicted molar refractivity (Wildman–Crippen MR) is 113 cm³/mol. The number of nitrogens with zero attached hydrogens (tertiary/aromatic N) is 2. The molecule has 3 aromatic rings. The summed E-state index contributed by atoms with van der Waals surface area (Å²) in [6.07, 6.45) is 3.39. The number of ether oxygens (including phenoxy) is 2. The molecule has 156 valence electrons. The van der Waals surface area contributed by atoms with Gasteiger partial charge in [-0.05, 0) is 47.0 Å². The molecule has 2 aliphatic heterocycles. The first-order valence-electron chi connectivity index (χ1n) is 10.1. The molecule has 0 bridgehead atoms. The van der Waals surface area contributed by atoms with E-state index >= 15 is 0 Å². The second kappa shape index (κ2) is 7.75. The number of amides is 2. The van der Waals surface area contributed by atoms with Crippen molar-refractivity contribution in [1.29, 1.82) is 0 Å². The summed E-state index contributed by atoms with van der Waals surface area (Å²) in [6, 6.07) is 16.1. The minimum atomic E-state index is -0.568. The summed E-state index contributed by atoms with van der Waals surface area (Å²) in [6.45, 7) is 0.544. The highest BCUT2D eigenvalue weighted by atomic mass is 16.7. The van der Waals surface area contributed by atoms with Gasteiger partial charge >= 0.3 is 0 Å². The summed E-state index contributed by atoms with van der Waals surface area (Å²) >= 11 is 0. The van der Waals surface area contributed by atoms with Gasteiger partial charge in [0.15, 0.2) is 11.5 Å². The lowest BCUT2D eigenvalue weighted by molar-refractivity contribution is -0.124. The van der Waals surface area contributed by atoms with Gasteiger partial charge in [-0.2, -0.15) is 0 Å². The summed E-state index contributed by atoms with van der Waals surface area (Å²) < 4.78 is 11.0. The van der Waals surface area contributed by atoms with Crippen LogP contribution in [-0.2, 0) is 11.3 Å². The van der Waals surface area contributed by atoms with Crippen molar-refractivity contribution in [3.63, 3.8) is 0 Å². The molecule has 2 aromatic carbocycles. The van der Waals surface area contributed by atoms with E-state index in [2.05, 4.69) is 10.3 Å². The molecule has 0 saturated heterocycles. The van der Waals surface area contributed by atoms with E-state index in [1.807, 2.05) is 48.5 Å². The molecule has 0 radical (unpaired) electrons. The topological polar surface area (TPSA) is 80.8 Å².